The fourth-order valence-electron chi connectivity index (χ4n) is 0.345. The van der Waals surface area contributed by atoms with Gasteiger partial charge in [0.1, 0.15) is 0 Å². The summed E-state index contributed by atoms with van der Waals surface area (Å²) < 4.78 is 1.82. The highest BCUT2D eigenvalue weighted by Crippen LogP contribution is 1.78. The van der Waals surface area contributed by atoms with Crippen LogP contribution in [-0.4, -0.2) is 11.9 Å². The van der Waals surface area contributed by atoms with Gasteiger partial charge in [0, 0.05) is 18.1 Å². The molecule has 0 aromatic rings. The maximum atomic E-state index is 7.03. The molecule has 3 nitrogen and oxygen atoms in total. The molecule has 0 amide bonds. The van der Waals surface area contributed by atoms with Gasteiger partial charge in [-0.15, -0.1) is 0 Å². The molecule has 0 saturated carbocycles. The van der Waals surface area contributed by atoms with Gasteiger partial charge in [-0.1, -0.05) is 22.6 Å². The van der Waals surface area contributed by atoms with Gasteiger partial charge in [-0.3, -0.25) is 5.43 Å². The quantitative estimate of drug-likeness (QED) is 0.455. The van der Waals surface area contributed by atoms with Gasteiger partial charge in [0.05, 0.1) is 0 Å². The van der Waals surface area contributed by atoms with Crippen molar-refractivity contribution in [3.8, 4) is 0 Å². The first-order valence-electron chi connectivity index (χ1n) is 3.03. The van der Waals surface area contributed by atoms with Crippen molar-refractivity contribution < 1.29 is 0 Å². The van der Waals surface area contributed by atoms with E-state index >= 15 is 0 Å². The third-order valence-corrected chi connectivity index (χ3v) is 1.08. The third-order valence-electron chi connectivity index (χ3n) is 0.719. The van der Waals surface area contributed by atoms with Crippen LogP contribution in [0.25, 0.3) is 0 Å². The molecule has 0 saturated heterocycles. The lowest BCUT2D eigenvalue weighted by atomic mass is 10.4. The SMILES string of the molecule is CC(=N)/C=C\C=N/N/C=C\I. The highest BCUT2D eigenvalue weighted by molar-refractivity contribution is 14.1. The number of hydrazone groups is 1. The minimum absolute atomic E-state index is 0.515. The third kappa shape index (κ3) is 9.35. The van der Waals surface area contributed by atoms with Gasteiger partial charge in [-0.05, 0) is 23.2 Å². The average Bonchev–Trinajstić information content (AvgIpc) is 1.96. The van der Waals surface area contributed by atoms with Crippen molar-refractivity contribution in [2.45, 2.75) is 6.92 Å². The van der Waals surface area contributed by atoms with Crippen LogP contribution in [0.4, 0.5) is 0 Å². The summed E-state index contributed by atoms with van der Waals surface area (Å²) in [6.07, 6.45) is 6.67. The number of hydrogen-bond donors (Lipinski definition) is 2. The van der Waals surface area contributed by atoms with Crippen LogP contribution in [0.15, 0.2) is 27.5 Å². The van der Waals surface area contributed by atoms with Crippen LogP contribution in [0.1, 0.15) is 6.92 Å². The van der Waals surface area contributed by atoms with Gasteiger partial charge in [0.25, 0.3) is 0 Å². The second-order valence-corrected chi connectivity index (χ2v) is 2.46. The Morgan fingerprint density at radius 2 is 2.36 bits per heavy atom. The van der Waals surface area contributed by atoms with Gasteiger partial charge in [-0.2, -0.15) is 5.10 Å². The first-order chi connectivity index (χ1) is 5.27. The standard InChI is InChI=1S/C7H10IN3/c1-7(9)3-2-5-10-11-6-4-8/h2-6,9,11H,1H3/b3-2-,6-4-,9-7?,10-5-. The summed E-state index contributed by atoms with van der Waals surface area (Å²) in [4.78, 5) is 0. The normalized spacial score (nSPS) is 11.8. The number of rotatable bonds is 4. The smallest absolute Gasteiger partial charge is 0.0472 e. The van der Waals surface area contributed by atoms with Gasteiger partial charge in [0.2, 0.25) is 0 Å². The molecule has 0 aliphatic carbocycles. The molecule has 0 fully saturated rings. The van der Waals surface area contributed by atoms with Crippen molar-refractivity contribution >= 4 is 34.5 Å². The Balaban J connectivity index is 3.52. The van der Waals surface area contributed by atoms with E-state index in [0.29, 0.717) is 5.71 Å². The molecule has 0 bridgehead atoms. The Labute approximate surface area is 79.9 Å². The fourth-order valence-corrected chi connectivity index (χ4v) is 0.505. The monoisotopic (exact) mass is 263 g/mol. The van der Waals surface area contributed by atoms with Crippen LogP contribution in [0.5, 0.6) is 0 Å². The molecule has 0 aromatic heterocycles. The zero-order chi connectivity index (χ0) is 8.53. The number of allylic oxidation sites excluding steroid dienone is 2. The number of nitrogens with zero attached hydrogens (tertiary/aromatic N) is 1. The predicted molar refractivity (Wildman–Crippen MR) is 57.3 cm³/mol. The summed E-state index contributed by atoms with van der Waals surface area (Å²) in [5, 5.41) is 10.8. The highest BCUT2D eigenvalue weighted by Gasteiger charge is 1.71. The van der Waals surface area contributed by atoms with Crippen molar-refractivity contribution in [1.29, 1.82) is 5.41 Å². The van der Waals surface area contributed by atoms with E-state index in [9.17, 15) is 0 Å². The summed E-state index contributed by atoms with van der Waals surface area (Å²) in [6, 6.07) is 0. The summed E-state index contributed by atoms with van der Waals surface area (Å²) in [6.45, 7) is 1.71. The number of hydrogen-bond acceptors (Lipinski definition) is 3. The fraction of sp³-hybridized carbons (Fsp3) is 0.143. The van der Waals surface area contributed by atoms with Crippen molar-refractivity contribution in [2.24, 2.45) is 5.10 Å². The molecule has 0 aliphatic rings. The summed E-state index contributed by atoms with van der Waals surface area (Å²) in [7, 11) is 0. The van der Waals surface area contributed by atoms with Crippen LogP contribution in [0.3, 0.4) is 0 Å². The Hall–Kier alpha value is -0.650. The Morgan fingerprint density at radius 3 is 2.91 bits per heavy atom. The van der Waals surface area contributed by atoms with Crippen LogP contribution in [0, 0.1) is 5.41 Å². The molecule has 0 rings (SSSR count). The van der Waals surface area contributed by atoms with Crippen LogP contribution in [-0.2, 0) is 0 Å². The van der Waals surface area contributed by atoms with E-state index in [4.69, 9.17) is 5.41 Å². The Kier molecular flexibility index (Phi) is 7.02. The lowest BCUT2D eigenvalue weighted by Gasteiger charge is -1.83. The molecular weight excluding hydrogens is 253 g/mol. The van der Waals surface area contributed by atoms with E-state index in [1.54, 1.807) is 31.5 Å². The molecule has 60 valence electrons. The van der Waals surface area contributed by atoms with E-state index in [0.717, 1.165) is 0 Å². The summed E-state index contributed by atoms with van der Waals surface area (Å²) in [5.41, 5.74) is 3.18. The second kappa shape index (κ2) is 7.46. The molecule has 0 radical (unpaired) electrons. The Bertz CT molecular complexity index is 194. The van der Waals surface area contributed by atoms with Crippen molar-refractivity contribution in [3.63, 3.8) is 0 Å². The van der Waals surface area contributed by atoms with Crippen molar-refractivity contribution in [3.05, 3.63) is 22.4 Å². The Morgan fingerprint density at radius 1 is 1.64 bits per heavy atom. The minimum atomic E-state index is 0.515. The summed E-state index contributed by atoms with van der Waals surface area (Å²) in [5.74, 6) is 0. The molecule has 11 heavy (non-hydrogen) atoms. The van der Waals surface area contributed by atoms with E-state index in [1.807, 2.05) is 4.08 Å². The summed E-state index contributed by atoms with van der Waals surface area (Å²) >= 11 is 2.09. The topological polar surface area (TPSA) is 48.2 Å². The van der Waals surface area contributed by atoms with Gasteiger partial charge in [-0.25, -0.2) is 0 Å². The van der Waals surface area contributed by atoms with Crippen LogP contribution < -0.4 is 5.43 Å². The maximum Gasteiger partial charge on any atom is 0.0472 e. The van der Waals surface area contributed by atoms with E-state index in [1.165, 1.54) is 0 Å². The molecule has 0 aromatic carbocycles. The van der Waals surface area contributed by atoms with E-state index < -0.39 is 0 Å². The molecular formula is C7H10IN3. The minimum Gasteiger partial charge on any atom is -0.306 e. The molecule has 0 atom stereocenters. The molecule has 0 spiro atoms. The average molecular weight is 263 g/mol. The van der Waals surface area contributed by atoms with Gasteiger partial charge < -0.3 is 5.41 Å². The van der Waals surface area contributed by atoms with Crippen LogP contribution in [0.2, 0.25) is 0 Å². The highest BCUT2D eigenvalue weighted by atomic mass is 127. The molecule has 0 unspecified atom stereocenters. The zero-order valence-electron chi connectivity index (χ0n) is 6.21. The zero-order valence-corrected chi connectivity index (χ0v) is 8.37. The van der Waals surface area contributed by atoms with E-state index in [-0.39, 0.29) is 0 Å². The first kappa shape index (κ1) is 10.3. The lowest BCUT2D eigenvalue weighted by molar-refractivity contribution is 0.980. The molecule has 0 heterocycles. The maximum absolute atomic E-state index is 7.03. The molecule has 4 heteroatoms. The van der Waals surface area contributed by atoms with Crippen molar-refractivity contribution in [1.82, 2.24) is 5.43 Å². The number of halogens is 1. The molecule has 2 N–H and O–H groups in total. The number of nitrogens with one attached hydrogen (secondary N) is 2. The van der Waals surface area contributed by atoms with Crippen molar-refractivity contribution in [2.75, 3.05) is 0 Å². The van der Waals surface area contributed by atoms with E-state index in [2.05, 4.69) is 33.1 Å². The van der Waals surface area contributed by atoms with Gasteiger partial charge in [0.15, 0.2) is 0 Å². The first-order valence-corrected chi connectivity index (χ1v) is 4.27. The van der Waals surface area contributed by atoms with Crippen LogP contribution >= 0.6 is 22.6 Å². The lowest BCUT2D eigenvalue weighted by Crippen LogP contribution is -1.91. The van der Waals surface area contributed by atoms with Gasteiger partial charge >= 0.3 is 0 Å². The second-order valence-electron chi connectivity index (χ2n) is 1.74. The molecule has 0 aliphatic heterocycles. The predicted octanol–water partition coefficient (Wildman–Crippen LogP) is 2.06. The largest absolute Gasteiger partial charge is 0.306 e.